The molecule has 4 rings (SSSR count). The predicted molar refractivity (Wildman–Crippen MR) is 115 cm³/mol. The first-order valence-corrected chi connectivity index (χ1v) is 10.4. The maximum atomic E-state index is 13.1. The molecule has 0 spiro atoms. The molecule has 0 radical (unpaired) electrons. The standard InChI is InChI=1S/C21H18ClNOS2/c1-10-7-16(12(3)25-10)19-15-6-5-14(22)9-18(15)23-21(24)20(19)17-8-11(2)26-13(17)4/h5-9H,1-4H3,(H,23,24). The quantitative estimate of drug-likeness (QED) is 0.391. The topological polar surface area (TPSA) is 32.9 Å². The van der Waals surface area contributed by atoms with Crippen molar-refractivity contribution in [2.45, 2.75) is 27.7 Å². The van der Waals surface area contributed by atoms with E-state index >= 15 is 0 Å². The number of aromatic amines is 1. The Hall–Kier alpha value is -1.88. The first-order chi connectivity index (χ1) is 12.3. The summed E-state index contributed by atoms with van der Waals surface area (Å²) in [7, 11) is 0. The molecule has 0 saturated heterocycles. The van der Waals surface area contributed by atoms with Crippen molar-refractivity contribution in [1.82, 2.24) is 4.98 Å². The maximum Gasteiger partial charge on any atom is 0.256 e. The molecule has 5 heteroatoms. The summed E-state index contributed by atoms with van der Waals surface area (Å²) in [6.07, 6.45) is 0. The van der Waals surface area contributed by atoms with Gasteiger partial charge in [0.05, 0.1) is 11.1 Å². The van der Waals surface area contributed by atoms with Crippen LogP contribution >= 0.6 is 34.3 Å². The maximum absolute atomic E-state index is 13.1. The number of fused-ring (bicyclic) bond motifs is 1. The van der Waals surface area contributed by atoms with E-state index in [4.69, 9.17) is 11.6 Å². The van der Waals surface area contributed by atoms with E-state index in [0.29, 0.717) is 5.02 Å². The molecule has 3 aromatic heterocycles. The van der Waals surface area contributed by atoms with Gasteiger partial charge in [-0.25, -0.2) is 0 Å². The Bertz CT molecular complexity index is 1210. The van der Waals surface area contributed by atoms with Crippen LogP contribution in [-0.4, -0.2) is 4.98 Å². The second-order valence-corrected chi connectivity index (χ2v) is 9.91. The number of H-pyrrole nitrogens is 1. The minimum atomic E-state index is -0.0704. The second-order valence-electron chi connectivity index (χ2n) is 6.55. The molecule has 3 heterocycles. The minimum Gasteiger partial charge on any atom is -0.321 e. The van der Waals surface area contributed by atoms with Gasteiger partial charge in [-0.05, 0) is 57.5 Å². The van der Waals surface area contributed by atoms with Crippen LogP contribution in [0.5, 0.6) is 0 Å². The molecule has 0 aliphatic heterocycles. The zero-order valence-corrected chi connectivity index (χ0v) is 17.4. The summed E-state index contributed by atoms with van der Waals surface area (Å²) in [5.41, 5.74) is 4.60. The van der Waals surface area contributed by atoms with Gasteiger partial charge >= 0.3 is 0 Å². The third-order valence-corrected chi connectivity index (χ3v) is 6.76. The van der Waals surface area contributed by atoms with E-state index in [-0.39, 0.29) is 5.56 Å². The fourth-order valence-electron chi connectivity index (χ4n) is 3.57. The van der Waals surface area contributed by atoms with Crippen LogP contribution in [0.2, 0.25) is 5.02 Å². The number of aromatic nitrogens is 1. The highest BCUT2D eigenvalue weighted by Gasteiger charge is 2.21. The van der Waals surface area contributed by atoms with Crippen molar-refractivity contribution in [3.8, 4) is 22.3 Å². The fraction of sp³-hybridized carbons (Fsp3) is 0.190. The molecule has 0 aliphatic rings. The van der Waals surface area contributed by atoms with Crippen molar-refractivity contribution >= 4 is 45.2 Å². The summed E-state index contributed by atoms with van der Waals surface area (Å²) in [5.74, 6) is 0. The molecule has 0 aliphatic carbocycles. The van der Waals surface area contributed by atoms with Crippen LogP contribution in [0.3, 0.4) is 0 Å². The van der Waals surface area contributed by atoms with Gasteiger partial charge in [0, 0.05) is 41.0 Å². The molecule has 1 aromatic carbocycles. The number of hydrogen-bond donors (Lipinski definition) is 1. The van der Waals surface area contributed by atoms with Gasteiger partial charge in [-0.15, -0.1) is 22.7 Å². The van der Waals surface area contributed by atoms with Crippen molar-refractivity contribution < 1.29 is 0 Å². The van der Waals surface area contributed by atoms with Crippen LogP contribution in [-0.2, 0) is 0 Å². The van der Waals surface area contributed by atoms with E-state index in [1.54, 1.807) is 22.7 Å². The van der Waals surface area contributed by atoms with E-state index in [1.165, 1.54) is 14.6 Å². The summed E-state index contributed by atoms with van der Waals surface area (Å²) in [5, 5.41) is 1.64. The van der Waals surface area contributed by atoms with Gasteiger partial charge in [-0.2, -0.15) is 0 Å². The van der Waals surface area contributed by atoms with Crippen LogP contribution in [0.4, 0.5) is 0 Å². The zero-order chi connectivity index (χ0) is 18.6. The molecule has 0 fully saturated rings. The van der Waals surface area contributed by atoms with Crippen molar-refractivity contribution in [3.63, 3.8) is 0 Å². The lowest BCUT2D eigenvalue weighted by Crippen LogP contribution is -2.11. The molecular weight excluding hydrogens is 382 g/mol. The molecule has 0 atom stereocenters. The predicted octanol–water partition coefficient (Wildman–Crippen LogP) is 6.87. The van der Waals surface area contributed by atoms with E-state index in [2.05, 4.69) is 44.8 Å². The molecule has 4 aromatic rings. The SMILES string of the molecule is Cc1cc(-c2c(-c3cc(C)sc3C)c3ccc(Cl)cc3[nH]c2=O)c(C)s1. The Labute approximate surface area is 165 Å². The van der Waals surface area contributed by atoms with Gasteiger partial charge in [-0.3, -0.25) is 4.79 Å². The Balaban J connectivity index is 2.21. The van der Waals surface area contributed by atoms with E-state index in [0.717, 1.165) is 38.0 Å². The van der Waals surface area contributed by atoms with Crippen LogP contribution in [0.15, 0.2) is 35.1 Å². The number of thiophene rings is 2. The van der Waals surface area contributed by atoms with Crippen LogP contribution in [0.25, 0.3) is 33.2 Å². The molecule has 0 saturated carbocycles. The summed E-state index contributed by atoms with van der Waals surface area (Å²) in [6, 6.07) is 10.0. The number of rotatable bonds is 2. The van der Waals surface area contributed by atoms with Crippen molar-refractivity contribution in [3.05, 3.63) is 65.2 Å². The van der Waals surface area contributed by atoms with Gasteiger partial charge in [0.2, 0.25) is 0 Å². The first kappa shape index (κ1) is 17.5. The van der Waals surface area contributed by atoms with E-state index in [9.17, 15) is 4.79 Å². The number of nitrogens with one attached hydrogen (secondary N) is 1. The molecule has 1 N–H and O–H groups in total. The van der Waals surface area contributed by atoms with Crippen molar-refractivity contribution in [2.75, 3.05) is 0 Å². The highest BCUT2D eigenvalue weighted by molar-refractivity contribution is 7.12. The lowest BCUT2D eigenvalue weighted by molar-refractivity contribution is 1.30. The van der Waals surface area contributed by atoms with Gasteiger partial charge < -0.3 is 4.98 Å². The van der Waals surface area contributed by atoms with E-state index in [1.807, 2.05) is 18.2 Å². The summed E-state index contributed by atoms with van der Waals surface area (Å²) in [4.78, 5) is 21.0. The Kier molecular flexibility index (Phi) is 4.30. The Morgan fingerprint density at radius 3 is 1.96 bits per heavy atom. The number of hydrogen-bond acceptors (Lipinski definition) is 3. The smallest absolute Gasteiger partial charge is 0.256 e. The van der Waals surface area contributed by atoms with Crippen LogP contribution < -0.4 is 5.56 Å². The number of benzene rings is 1. The molecule has 0 amide bonds. The van der Waals surface area contributed by atoms with E-state index < -0.39 is 0 Å². The summed E-state index contributed by atoms with van der Waals surface area (Å²) >= 11 is 9.65. The normalized spacial score (nSPS) is 11.4. The summed E-state index contributed by atoms with van der Waals surface area (Å²) < 4.78 is 0. The molecule has 132 valence electrons. The highest BCUT2D eigenvalue weighted by Crippen LogP contribution is 2.42. The lowest BCUT2D eigenvalue weighted by Gasteiger charge is -2.13. The highest BCUT2D eigenvalue weighted by atomic mass is 35.5. The average molecular weight is 400 g/mol. The van der Waals surface area contributed by atoms with Gasteiger partial charge in [-0.1, -0.05) is 17.7 Å². The van der Waals surface area contributed by atoms with Gasteiger partial charge in [0.15, 0.2) is 0 Å². The first-order valence-electron chi connectivity index (χ1n) is 8.35. The lowest BCUT2D eigenvalue weighted by atomic mass is 9.92. The minimum absolute atomic E-state index is 0.0704. The van der Waals surface area contributed by atoms with Crippen LogP contribution in [0.1, 0.15) is 19.5 Å². The zero-order valence-electron chi connectivity index (χ0n) is 15.0. The number of halogens is 1. The van der Waals surface area contributed by atoms with Crippen molar-refractivity contribution in [1.29, 1.82) is 0 Å². The van der Waals surface area contributed by atoms with Gasteiger partial charge in [0.1, 0.15) is 0 Å². The fourth-order valence-corrected chi connectivity index (χ4v) is 5.60. The third-order valence-electron chi connectivity index (χ3n) is 4.60. The molecule has 0 unspecified atom stereocenters. The largest absolute Gasteiger partial charge is 0.321 e. The molecule has 0 bridgehead atoms. The molecule has 2 nitrogen and oxygen atoms in total. The second kappa shape index (κ2) is 6.38. The third kappa shape index (κ3) is 2.82. The summed E-state index contributed by atoms with van der Waals surface area (Å²) in [6.45, 7) is 8.38. The Morgan fingerprint density at radius 2 is 1.42 bits per heavy atom. The molecule has 26 heavy (non-hydrogen) atoms. The monoisotopic (exact) mass is 399 g/mol. The molecular formula is C21H18ClNOS2. The number of aryl methyl sites for hydroxylation is 4. The van der Waals surface area contributed by atoms with Gasteiger partial charge in [0.25, 0.3) is 5.56 Å². The Morgan fingerprint density at radius 1 is 0.846 bits per heavy atom. The number of pyridine rings is 1. The average Bonchev–Trinajstić information content (AvgIpc) is 3.06. The van der Waals surface area contributed by atoms with Crippen molar-refractivity contribution in [2.24, 2.45) is 0 Å². The van der Waals surface area contributed by atoms with Crippen LogP contribution in [0, 0.1) is 27.7 Å².